The summed E-state index contributed by atoms with van der Waals surface area (Å²) in [7, 11) is 0. The van der Waals surface area contributed by atoms with Gasteiger partial charge in [0, 0.05) is 18.9 Å². The lowest BCUT2D eigenvalue weighted by molar-refractivity contribution is -0.143. The molecule has 0 unspecified atom stereocenters. The molecule has 1 N–H and O–H groups in total. The summed E-state index contributed by atoms with van der Waals surface area (Å²) in [6.07, 6.45) is 5.13. The number of carboxylic acids is 1. The van der Waals surface area contributed by atoms with Gasteiger partial charge in [0.25, 0.3) is 0 Å². The van der Waals surface area contributed by atoms with Crippen LogP contribution in [0.15, 0.2) is 18.5 Å². The minimum absolute atomic E-state index is 0.238. The molecule has 1 aromatic rings. The highest BCUT2D eigenvalue weighted by Gasteiger charge is 2.25. The fraction of sp³-hybridized carbons (Fsp3) is 0.545. The number of piperidine rings is 1. The lowest BCUT2D eigenvalue weighted by Crippen LogP contribution is -2.38. The summed E-state index contributed by atoms with van der Waals surface area (Å²) >= 11 is 0. The zero-order valence-corrected chi connectivity index (χ0v) is 9.04. The Morgan fingerprint density at radius 3 is 2.94 bits per heavy atom. The summed E-state index contributed by atoms with van der Waals surface area (Å²) in [5, 5.41) is 8.96. The van der Waals surface area contributed by atoms with Crippen LogP contribution in [-0.2, 0) is 11.3 Å². The first-order valence-electron chi connectivity index (χ1n) is 5.47. The quantitative estimate of drug-likeness (QED) is 0.816. The van der Waals surface area contributed by atoms with Gasteiger partial charge in [-0.05, 0) is 25.5 Å². The van der Waals surface area contributed by atoms with E-state index in [1.54, 1.807) is 18.5 Å². The van der Waals surface area contributed by atoms with Crippen molar-refractivity contribution in [2.24, 2.45) is 5.92 Å². The van der Waals surface area contributed by atoms with E-state index in [4.69, 9.17) is 5.11 Å². The molecule has 1 aliphatic heterocycles. The molecule has 1 aliphatic rings. The number of rotatable bonds is 3. The normalized spacial score (nSPS) is 21.9. The maximum atomic E-state index is 10.9. The molecule has 1 fully saturated rings. The molecule has 0 amide bonds. The summed E-state index contributed by atoms with van der Waals surface area (Å²) in [6, 6.07) is 1.78. The first-order chi connectivity index (χ1) is 7.75. The van der Waals surface area contributed by atoms with Gasteiger partial charge in [-0.15, -0.1) is 0 Å². The molecule has 0 radical (unpaired) electrons. The maximum absolute atomic E-state index is 10.9. The number of aromatic nitrogens is 2. The molecule has 5 nitrogen and oxygen atoms in total. The highest BCUT2D eigenvalue weighted by molar-refractivity contribution is 5.70. The molecule has 5 heteroatoms. The minimum atomic E-state index is -0.696. The van der Waals surface area contributed by atoms with Gasteiger partial charge in [-0.1, -0.05) is 0 Å². The second kappa shape index (κ2) is 5.03. The van der Waals surface area contributed by atoms with Gasteiger partial charge in [0.15, 0.2) is 0 Å². The van der Waals surface area contributed by atoms with Crippen molar-refractivity contribution in [3.05, 3.63) is 24.3 Å². The Kier molecular flexibility index (Phi) is 3.46. The van der Waals surface area contributed by atoms with E-state index < -0.39 is 5.97 Å². The van der Waals surface area contributed by atoms with Gasteiger partial charge >= 0.3 is 5.97 Å². The third-order valence-corrected chi connectivity index (χ3v) is 2.84. The molecule has 0 spiro atoms. The highest BCUT2D eigenvalue weighted by atomic mass is 16.4. The van der Waals surface area contributed by atoms with Crippen molar-refractivity contribution in [1.82, 2.24) is 14.9 Å². The van der Waals surface area contributed by atoms with Crippen LogP contribution >= 0.6 is 0 Å². The molecule has 1 saturated heterocycles. The van der Waals surface area contributed by atoms with E-state index in [2.05, 4.69) is 14.9 Å². The number of hydrogen-bond donors (Lipinski definition) is 1. The Morgan fingerprint density at radius 1 is 1.50 bits per heavy atom. The Morgan fingerprint density at radius 2 is 2.25 bits per heavy atom. The molecule has 0 aromatic carbocycles. The van der Waals surface area contributed by atoms with Crippen LogP contribution in [0.5, 0.6) is 0 Å². The van der Waals surface area contributed by atoms with Crippen LogP contribution in [0.4, 0.5) is 0 Å². The molecule has 1 aromatic heterocycles. The standard InChI is InChI=1S/C11H15N3O2/c15-11(16)9-3-1-6-14(7-9)8-10-12-4-2-5-13-10/h2,4-5,9H,1,3,6-8H2,(H,15,16)/t9-/m0/s1. The van der Waals surface area contributed by atoms with Gasteiger partial charge in [0.1, 0.15) is 5.82 Å². The van der Waals surface area contributed by atoms with Crippen molar-refractivity contribution < 1.29 is 9.90 Å². The van der Waals surface area contributed by atoms with E-state index in [0.29, 0.717) is 13.1 Å². The third kappa shape index (κ3) is 2.76. The van der Waals surface area contributed by atoms with Crippen molar-refractivity contribution in [3.63, 3.8) is 0 Å². The lowest BCUT2D eigenvalue weighted by Gasteiger charge is -2.29. The van der Waals surface area contributed by atoms with Crippen LogP contribution in [0.25, 0.3) is 0 Å². The predicted molar refractivity (Wildman–Crippen MR) is 57.7 cm³/mol. The Hall–Kier alpha value is -1.49. The van der Waals surface area contributed by atoms with E-state index >= 15 is 0 Å². The second-order valence-corrected chi connectivity index (χ2v) is 4.08. The fourth-order valence-corrected chi connectivity index (χ4v) is 2.01. The zero-order chi connectivity index (χ0) is 11.4. The smallest absolute Gasteiger partial charge is 0.307 e. The van der Waals surface area contributed by atoms with Gasteiger partial charge in [-0.3, -0.25) is 9.69 Å². The number of carbonyl (C=O) groups is 1. The van der Waals surface area contributed by atoms with Crippen LogP contribution < -0.4 is 0 Å². The monoisotopic (exact) mass is 221 g/mol. The highest BCUT2D eigenvalue weighted by Crippen LogP contribution is 2.17. The van der Waals surface area contributed by atoms with Crippen LogP contribution in [-0.4, -0.2) is 39.0 Å². The first kappa shape index (κ1) is 11.0. The van der Waals surface area contributed by atoms with Gasteiger partial charge in [-0.2, -0.15) is 0 Å². The average molecular weight is 221 g/mol. The number of hydrogen-bond acceptors (Lipinski definition) is 4. The topological polar surface area (TPSA) is 66.3 Å². The minimum Gasteiger partial charge on any atom is -0.481 e. The summed E-state index contributed by atoms with van der Waals surface area (Å²) in [5.74, 6) is -0.176. The van der Waals surface area contributed by atoms with Gasteiger partial charge in [0.2, 0.25) is 0 Å². The largest absolute Gasteiger partial charge is 0.481 e. The van der Waals surface area contributed by atoms with Crippen LogP contribution in [0.2, 0.25) is 0 Å². The summed E-state index contributed by atoms with van der Waals surface area (Å²) in [4.78, 5) is 21.3. The molecule has 2 heterocycles. The lowest BCUT2D eigenvalue weighted by atomic mass is 9.98. The predicted octanol–water partition coefficient (Wildman–Crippen LogP) is 0.773. The van der Waals surface area contributed by atoms with Crippen molar-refractivity contribution >= 4 is 5.97 Å². The molecule has 16 heavy (non-hydrogen) atoms. The van der Waals surface area contributed by atoms with Crippen LogP contribution in [0.1, 0.15) is 18.7 Å². The SMILES string of the molecule is O=C(O)[C@H]1CCCN(Cc2ncccn2)C1. The van der Waals surface area contributed by atoms with Crippen molar-refractivity contribution in [3.8, 4) is 0 Å². The molecule has 0 saturated carbocycles. The van der Waals surface area contributed by atoms with Crippen molar-refractivity contribution in [1.29, 1.82) is 0 Å². The average Bonchev–Trinajstić information content (AvgIpc) is 2.30. The molecular formula is C11H15N3O2. The van der Waals surface area contributed by atoms with E-state index in [1.165, 1.54) is 0 Å². The summed E-state index contributed by atoms with van der Waals surface area (Å²) in [5.41, 5.74) is 0. The maximum Gasteiger partial charge on any atom is 0.307 e. The number of carboxylic acid groups (broad SMARTS) is 1. The Balaban J connectivity index is 1.93. The van der Waals surface area contributed by atoms with E-state index in [0.717, 1.165) is 25.2 Å². The Bertz CT molecular complexity index is 356. The molecule has 0 bridgehead atoms. The molecule has 0 aliphatic carbocycles. The van der Waals surface area contributed by atoms with Crippen molar-refractivity contribution in [2.75, 3.05) is 13.1 Å². The third-order valence-electron chi connectivity index (χ3n) is 2.84. The molecular weight excluding hydrogens is 206 g/mol. The fourth-order valence-electron chi connectivity index (χ4n) is 2.01. The van der Waals surface area contributed by atoms with Crippen LogP contribution in [0, 0.1) is 5.92 Å². The molecule has 2 rings (SSSR count). The first-order valence-corrected chi connectivity index (χ1v) is 5.47. The number of aliphatic carboxylic acids is 1. The Labute approximate surface area is 94.1 Å². The zero-order valence-electron chi connectivity index (χ0n) is 9.04. The number of likely N-dealkylation sites (tertiary alicyclic amines) is 1. The summed E-state index contributed by atoms with van der Waals surface area (Å²) in [6.45, 7) is 2.18. The van der Waals surface area contributed by atoms with Crippen molar-refractivity contribution in [2.45, 2.75) is 19.4 Å². The van der Waals surface area contributed by atoms with Gasteiger partial charge in [-0.25, -0.2) is 9.97 Å². The molecule has 86 valence electrons. The van der Waals surface area contributed by atoms with E-state index in [1.807, 2.05) is 0 Å². The second-order valence-electron chi connectivity index (χ2n) is 4.08. The van der Waals surface area contributed by atoms with Crippen LogP contribution in [0.3, 0.4) is 0 Å². The molecule has 1 atom stereocenters. The van der Waals surface area contributed by atoms with Gasteiger partial charge < -0.3 is 5.11 Å². The van der Waals surface area contributed by atoms with E-state index in [9.17, 15) is 4.79 Å². The van der Waals surface area contributed by atoms with Gasteiger partial charge in [0.05, 0.1) is 12.5 Å². The van der Waals surface area contributed by atoms with E-state index in [-0.39, 0.29) is 5.92 Å². The number of nitrogens with zero attached hydrogens (tertiary/aromatic N) is 3. The summed E-state index contributed by atoms with van der Waals surface area (Å²) < 4.78 is 0.